The van der Waals surface area contributed by atoms with Gasteiger partial charge < -0.3 is 14.7 Å². The normalized spacial score (nSPS) is 14.7. The van der Waals surface area contributed by atoms with E-state index in [-0.39, 0.29) is 5.82 Å². The molecular weight excluding hydrogens is 361 g/mol. The SMILES string of the molecule is COc1ccccc1N(CCCN1CCN(c2ccccc2F)CC1)C(=O)O. The van der Waals surface area contributed by atoms with Gasteiger partial charge in [0.25, 0.3) is 0 Å². The zero-order valence-electron chi connectivity index (χ0n) is 16.1. The molecule has 28 heavy (non-hydrogen) atoms. The van der Waals surface area contributed by atoms with Crippen LogP contribution in [0.15, 0.2) is 48.5 Å². The molecule has 0 radical (unpaired) electrons. The zero-order chi connectivity index (χ0) is 19.9. The van der Waals surface area contributed by atoms with Crippen molar-refractivity contribution < 1.29 is 19.0 Å². The van der Waals surface area contributed by atoms with Gasteiger partial charge in [-0.05, 0) is 37.2 Å². The second-order valence-electron chi connectivity index (χ2n) is 6.74. The molecule has 1 aliphatic rings. The van der Waals surface area contributed by atoms with Crippen LogP contribution in [0.2, 0.25) is 0 Å². The van der Waals surface area contributed by atoms with E-state index in [1.807, 2.05) is 18.2 Å². The van der Waals surface area contributed by atoms with E-state index in [1.165, 1.54) is 18.1 Å². The van der Waals surface area contributed by atoms with E-state index in [4.69, 9.17) is 4.74 Å². The van der Waals surface area contributed by atoms with Crippen LogP contribution >= 0.6 is 0 Å². The molecule has 2 aromatic rings. The summed E-state index contributed by atoms with van der Waals surface area (Å²) in [5, 5.41) is 9.58. The zero-order valence-corrected chi connectivity index (χ0v) is 16.1. The highest BCUT2D eigenvalue weighted by molar-refractivity contribution is 5.88. The molecule has 0 spiro atoms. The van der Waals surface area contributed by atoms with Gasteiger partial charge in [-0.1, -0.05) is 24.3 Å². The summed E-state index contributed by atoms with van der Waals surface area (Å²) in [6.45, 7) is 4.37. The summed E-state index contributed by atoms with van der Waals surface area (Å²) in [6.07, 6.45) is -0.279. The third-order valence-electron chi connectivity index (χ3n) is 5.03. The first-order valence-electron chi connectivity index (χ1n) is 9.45. The van der Waals surface area contributed by atoms with Crippen LogP contribution in [0, 0.1) is 5.82 Å². The summed E-state index contributed by atoms with van der Waals surface area (Å²) in [7, 11) is 1.54. The number of hydrogen-bond acceptors (Lipinski definition) is 4. The average Bonchev–Trinajstić information content (AvgIpc) is 2.72. The molecule has 0 aliphatic carbocycles. The molecule has 1 heterocycles. The maximum absolute atomic E-state index is 13.9. The Morgan fingerprint density at radius 2 is 1.79 bits per heavy atom. The molecule has 1 saturated heterocycles. The van der Waals surface area contributed by atoms with Crippen LogP contribution in [0.5, 0.6) is 5.75 Å². The third-order valence-corrected chi connectivity index (χ3v) is 5.03. The van der Waals surface area contributed by atoms with E-state index in [0.29, 0.717) is 30.1 Å². The second-order valence-corrected chi connectivity index (χ2v) is 6.74. The van der Waals surface area contributed by atoms with Gasteiger partial charge in [0, 0.05) is 32.7 Å². The Morgan fingerprint density at radius 1 is 1.11 bits per heavy atom. The number of para-hydroxylation sites is 3. The van der Waals surface area contributed by atoms with Crippen molar-refractivity contribution in [1.29, 1.82) is 0 Å². The van der Waals surface area contributed by atoms with Crippen molar-refractivity contribution in [3.63, 3.8) is 0 Å². The highest BCUT2D eigenvalue weighted by Gasteiger charge is 2.21. The van der Waals surface area contributed by atoms with Crippen molar-refractivity contribution in [2.45, 2.75) is 6.42 Å². The van der Waals surface area contributed by atoms with Gasteiger partial charge in [-0.25, -0.2) is 9.18 Å². The lowest BCUT2D eigenvalue weighted by Gasteiger charge is -2.36. The summed E-state index contributed by atoms with van der Waals surface area (Å²) in [5.41, 5.74) is 1.21. The van der Waals surface area contributed by atoms with Crippen LogP contribution in [0.1, 0.15) is 6.42 Å². The quantitative estimate of drug-likeness (QED) is 0.788. The van der Waals surface area contributed by atoms with Crippen molar-refractivity contribution in [1.82, 2.24) is 4.90 Å². The lowest BCUT2D eigenvalue weighted by Crippen LogP contribution is -2.47. The maximum atomic E-state index is 13.9. The van der Waals surface area contributed by atoms with Crippen molar-refractivity contribution in [3.8, 4) is 5.75 Å². The monoisotopic (exact) mass is 387 g/mol. The fourth-order valence-corrected chi connectivity index (χ4v) is 3.54. The molecule has 1 amide bonds. The number of carbonyl (C=O) groups is 1. The third kappa shape index (κ3) is 4.72. The number of methoxy groups -OCH3 is 1. The first-order chi connectivity index (χ1) is 13.6. The molecule has 1 fully saturated rings. The van der Waals surface area contributed by atoms with Crippen molar-refractivity contribution in [2.75, 3.05) is 56.2 Å². The molecule has 0 atom stereocenters. The van der Waals surface area contributed by atoms with Gasteiger partial charge in [0.15, 0.2) is 0 Å². The van der Waals surface area contributed by atoms with Gasteiger partial charge in [-0.2, -0.15) is 0 Å². The Kier molecular flexibility index (Phi) is 6.71. The number of nitrogens with zero attached hydrogens (tertiary/aromatic N) is 3. The molecule has 1 aliphatic heterocycles. The summed E-state index contributed by atoms with van der Waals surface area (Å²) in [5.74, 6) is 0.355. The minimum atomic E-state index is -0.992. The Bertz CT molecular complexity index is 794. The number of amides is 1. The van der Waals surface area contributed by atoms with Crippen molar-refractivity contribution in [3.05, 3.63) is 54.3 Å². The number of piperazine rings is 1. The topological polar surface area (TPSA) is 56.2 Å². The highest BCUT2D eigenvalue weighted by Crippen LogP contribution is 2.28. The van der Waals surface area contributed by atoms with Gasteiger partial charge >= 0.3 is 6.09 Å². The van der Waals surface area contributed by atoms with Gasteiger partial charge in [0.05, 0.1) is 18.5 Å². The Hall–Kier alpha value is -2.80. The summed E-state index contributed by atoms with van der Waals surface area (Å²) < 4.78 is 19.2. The molecular formula is C21H26FN3O3. The Morgan fingerprint density at radius 3 is 2.46 bits per heavy atom. The summed E-state index contributed by atoms with van der Waals surface area (Å²) >= 11 is 0. The van der Waals surface area contributed by atoms with Crippen LogP contribution in [-0.4, -0.2) is 62.5 Å². The molecule has 1 N–H and O–H groups in total. The minimum absolute atomic E-state index is 0.190. The molecule has 2 aromatic carbocycles. The molecule has 3 rings (SSSR count). The van der Waals surface area contributed by atoms with Crippen molar-refractivity contribution >= 4 is 17.5 Å². The molecule has 150 valence electrons. The number of hydrogen-bond donors (Lipinski definition) is 1. The number of rotatable bonds is 7. The predicted molar refractivity (Wildman–Crippen MR) is 108 cm³/mol. The van der Waals surface area contributed by atoms with Crippen LogP contribution < -0.4 is 14.5 Å². The van der Waals surface area contributed by atoms with E-state index in [1.54, 1.807) is 24.3 Å². The number of carboxylic acid groups (broad SMARTS) is 1. The van der Waals surface area contributed by atoms with E-state index in [0.717, 1.165) is 32.7 Å². The standard InChI is InChI=1S/C21H26FN3O3/c1-28-20-10-5-4-9-19(20)25(21(26)27)12-6-11-23-13-15-24(16-14-23)18-8-3-2-7-17(18)22/h2-5,7-10H,6,11-16H2,1H3,(H,26,27). The van der Waals surface area contributed by atoms with Gasteiger partial charge in [-0.15, -0.1) is 0 Å². The van der Waals surface area contributed by atoms with Gasteiger partial charge in [0.2, 0.25) is 0 Å². The summed E-state index contributed by atoms with van der Waals surface area (Å²) in [6, 6.07) is 14.0. The first-order valence-corrected chi connectivity index (χ1v) is 9.45. The Balaban J connectivity index is 1.51. The number of ether oxygens (including phenoxy) is 1. The largest absolute Gasteiger partial charge is 0.495 e. The maximum Gasteiger partial charge on any atom is 0.411 e. The van der Waals surface area contributed by atoms with Gasteiger partial charge in [0.1, 0.15) is 11.6 Å². The van der Waals surface area contributed by atoms with Crippen LogP contribution in [-0.2, 0) is 0 Å². The Labute approximate surface area is 164 Å². The van der Waals surface area contributed by atoms with Crippen LogP contribution in [0.4, 0.5) is 20.6 Å². The van der Waals surface area contributed by atoms with E-state index in [2.05, 4.69) is 9.80 Å². The molecule has 0 unspecified atom stereocenters. The van der Waals surface area contributed by atoms with Crippen molar-refractivity contribution in [2.24, 2.45) is 0 Å². The predicted octanol–water partition coefficient (Wildman–Crippen LogP) is 3.53. The molecule has 0 aromatic heterocycles. The minimum Gasteiger partial charge on any atom is -0.495 e. The second kappa shape index (κ2) is 9.41. The highest BCUT2D eigenvalue weighted by atomic mass is 19.1. The fraction of sp³-hybridized carbons (Fsp3) is 0.381. The molecule has 7 heteroatoms. The number of anilines is 2. The molecule has 0 bridgehead atoms. The van der Waals surface area contributed by atoms with E-state index in [9.17, 15) is 14.3 Å². The van der Waals surface area contributed by atoms with Crippen LogP contribution in [0.3, 0.4) is 0 Å². The van der Waals surface area contributed by atoms with Gasteiger partial charge in [-0.3, -0.25) is 9.80 Å². The average molecular weight is 387 g/mol. The van der Waals surface area contributed by atoms with E-state index >= 15 is 0 Å². The number of halogens is 1. The molecule has 0 saturated carbocycles. The molecule has 6 nitrogen and oxygen atoms in total. The first kappa shape index (κ1) is 19.9. The lowest BCUT2D eigenvalue weighted by molar-refractivity contribution is 0.200. The smallest absolute Gasteiger partial charge is 0.411 e. The van der Waals surface area contributed by atoms with Crippen LogP contribution in [0.25, 0.3) is 0 Å². The summed E-state index contributed by atoms with van der Waals surface area (Å²) in [4.78, 5) is 17.4. The lowest BCUT2D eigenvalue weighted by atomic mass is 10.2. The number of benzene rings is 2. The fourth-order valence-electron chi connectivity index (χ4n) is 3.54. The van der Waals surface area contributed by atoms with E-state index < -0.39 is 6.09 Å².